The number of carbonyl (C=O) groups is 1. The van der Waals surface area contributed by atoms with E-state index in [2.05, 4.69) is 10.3 Å². The molecule has 1 aromatic heterocycles. The second-order valence-corrected chi connectivity index (χ2v) is 4.20. The average molecular weight is 235 g/mol. The van der Waals surface area contributed by atoms with Gasteiger partial charge in [-0.25, -0.2) is 0 Å². The molecule has 1 aromatic rings. The van der Waals surface area contributed by atoms with E-state index in [0.717, 1.165) is 25.2 Å². The van der Waals surface area contributed by atoms with Gasteiger partial charge in [0, 0.05) is 31.8 Å². The maximum absolute atomic E-state index is 11.8. The predicted octanol–water partition coefficient (Wildman–Crippen LogP) is 0.307. The minimum Gasteiger partial charge on any atom is -0.381 e. The fraction of sp³-hybridized carbons (Fsp3) is 0.500. The molecule has 0 spiro atoms. The van der Waals surface area contributed by atoms with E-state index >= 15 is 0 Å². The number of hydrogen-bond donors (Lipinski definition) is 2. The highest BCUT2D eigenvalue weighted by Gasteiger charge is 2.16. The highest BCUT2D eigenvalue weighted by molar-refractivity contribution is 5.92. The normalized spacial score (nSPS) is 19.2. The molecule has 2 heterocycles. The number of nitrogens with one attached hydrogen (secondary N) is 1. The molecule has 1 saturated heterocycles. The molecule has 1 aliphatic rings. The van der Waals surface area contributed by atoms with E-state index in [9.17, 15) is 4.79 Å². The highest BCUT2D eigenvalue weighted by Crippen LogP contribution is 2.10. The number of hydrogen-bond acceptors (Lipinski definition) is 4. The third-order valence-corrected chi connectivity index (χ3v) is 2.87. The minimum atomic E-state index is -0.138. The molecule has 1 atom stereocenters. The van der Waals surface area contributed by atoms with Crippen molar-refractivity contribution in [2.75, 3.05) is 19.8 Å². The third-order valence-electron chi connectivity index (χ3n) is 2.87. The Bertz CT molecular complexity index is 372. The Balaban J connectivity index is 1.85. The quantitative estimate of drug-likeness (QED) is 0.787. The van der Waals surface area contributed by atoms with Gasteiger partial charge in [0.05, 0.1) is 6.61 Å². The van der Waals surface area contributed by atoms with Crippen molar-refractivity contribution in [3.63, 3.8) is 0 Å². The fourth-order valence-corrected chi connectivity index (χ4v) is 1.75. The Morgan fingerprint density at radius 2 is 2.47 bits per heavy atom. The Kier molecular flexibility index (Phi) is 4.06. The van der Waals surface area contributed by atoms with Crippen LogP contribution in [0.25, 0.3) is 0 Å². The Morgan fingerprint density at radius 1 is 1.59 bits per heavy atom. The molecule has 1 unspecified atom stereocenters. The largest absolute Gasteiger partial charge is 0.381 e. The van der Waals surface area contributed by atoms with Crippen molar-refractivity contribution in [2.45, 2.75) is 13.0 Å². The molecule has 0 bridgehead atoms. The summed E-state index contributed by atoms with van der Waals surface area (Å²) >= 11 is 0. The number of rotatable bonds is 4. The lowest BCUT2D eigenvalue weighted by Crippen LogP contribution is -2.30. The second kappa shape index (κ2) is 5.75. The summed E-state index contributed by atoms with van der Waals surface area (Å²) < 4.78 is 5.24. The SMILES string of the molecule is NCc1ccc(C(=O)NCC2CCOC2)nc1. The van der Waals surface area contributed by atoms with Crippen molar-refractivity contribution in [3.8, 4) is 0 Å². The van der Waals surface area contributed by atoms with Crippen molar-refractivity contribution < 1.29 is 9.53 Å². The first kappa shape index (κ1) is 12.0. The first-order chi connectivity index (χ1) is 8.29. The van der Waals surface area contributed by atoms with Crippen molar-refractivity contribution in [1.82, 2.24) is 10.3 Å². The summed E-state index contributed by atoms with van der Waals surface area (Å²) in [6.07, 6.45) is 2.65. The first-order valence-corrected chi connectivity index (χ1v) is 5.80. The molecule has 17 heavy (non-hydrogen) atoms. The van der Waals surface area contributed by atoms with Gasteiger partial charge in [0.2, 0.25) is 0 Å². The summed E-state index contributed by atoms with van der Waals surface area (Å²) in [4.78, 5) is 15.8. The molecule has 3 N–H and O–H groups in total. The Hall–Kier alpha value is -1.46. The molecule has 1 amide bonds. The molecule has 5 nitrogen and oxygen atoms in total. The standard InChI is InChI=1S/C12H17N3O2/c13-5-9-1-2-11(14-6-9)12(16)15-7-10-3-4-17-8-10/h1-2,6,10H,3-5,7-8,13H2,(H,15,16). The van der Waals surface area contributed by atoms with Gasteiger partial charge in [-0.3, -0.25) is 9.78 Å². The van der Waals surface area contributed by atoms with Crippen molar-refractivity contribution in [2.24, 2.45) is 11.7 Å². The summed E-state index contributed by atoms with van der Waals surface area (Å²) in [6, 6.07) is 3.52. The van der Waals surface area contributed by atoms with E-state index in [0.29, 0.717) is 24.7 Å². The number of ether oxygens (including phenoxy) is 1. The Morgan fingerprint density at radius 3 is 3.06 bits per heavy atom. The average Bonchev–Trinajstić information content (AvgIpc) is 2.89. The fourth-order valence-electron chi connectivity index (χ4n) is 1.75. The number of pyridine rings is 1. The topological polar surface area (TPSA) is 77.2 Å². The number of aromatic nitrogens is 1. The van der Waals surface area contributed by atoms with Crippen LogP contribution in [0.4, 0.5) is 0 Å². The van der Waals surface area contributed by atoms with E-state index in [-0.39, 0.29) is 5.91 Å². The molecule has 5 heteroatoms. The summed E-state index contributed by atoms with van der Waals surface area (Å²) in [5, 5.41) is 2.87. The predicted molar refractivity (Wildman–Crippen MR) is 63.4 cm³/mol. The van der Waals surface area contributed by atoms with Gasteiger partial charge in [0.1, 0.15) is 5.69 Å². The van der Waals surface area contributed by atoms with Crippen LogP contribution in [0.3, 0.4) is 0 Å². The minimum absolute atomic E-state index is 0.138. The molecule has 1 aliphatic heterocycles. The van der Waals surface area contributed by atoms with E-state index in [1.54, 1.807) is 12.3 Å². The van der Waals surface area contributed by atoms with Gasteiger partial charge in [-0.1, -0.05) is 6.07 Å². The van der Waals surface area contributed by atoms with E-state index in [1.807, 2.05) is 6.07 Å². The van der Waals surface area contributed by atoms with Gasteiger partial charge >= 0.3 is 0 Å². The van der Waals surface area contributed by atoms with Gasteiger partial charge in [-0.15, -0.1) is 0 Å². The summed E-state index contributed by atoms with van der Waals surface area (Å²) in [5.74, 6) is 0.294. The third kappa shape index (κ3) is 3.25. The van der Waals surface area contributed by atoms with Crippen molar-refractivity contribution in [3.05, 3.63) is 29.6 Å². The summed E-state index contributed by atoms with van der Waals surface area (Å²) in [6.45, 7) is 2.62. The molecule has 0 radical (unpaired) electrons. The monoisotopic (exact) mass is 235 g/mol. The van der Waals surface area contributed by atoms with Crippen LogP contribution < -0.4 is 11.1 Å². The summed E-state index contributed by atoms with van der Waals surface area (Å²) in [5.41, 5.74) is 6.82. The number of amides is 1. The van der Waals surface area contributed by atoms with Crippen LogP contribution in [0.2, 0.25) is 0 Å². The molecule has 0 aromatic carbocycles. The maximum Gasteiger partial charge on any atom is 0.269 e. The first-order valence-electron chi connectivity index (χ1n) is 5.80. The number of nitrogens with two attached hydrogens (primary N) is 1. The van der Waals surface area contributed by atoms with Crippen LogP contribution in [-0.2, 0) is 11.3 Å². The molecule has 0 aliphatic carbocycles. The molecular weight excluding hydrogens is 218 g/mol. The van der Waals surface area contributed by atoms with Crippen LogP contribution in [0.15, 0.2) is 18.3 Å². The van der Waals surface area contributed by atoms with Gasteiger partial charge in [0.25, 0.3) is 5.91 Å². The van der Waals surface area contributed by atoms with Crippen molar-refractivity contribution in [1.29, 1.82) is 0 Å². The van der Waals surface area contributed by atoms with Crippen LogP contribution in [-0.4, -0.2) is 30.6 Å². The van der Waals surface area contributed by atoms with Crippen LogP contribution in [0.1, 0.15) is 22.5 Å². The second-order valence-electron chi connectivity index (χ2n) is 4.20. The molecule has 92 valence electrons. The lowest BCUT2D eigenvalue weighted by Gasteiger charge is -2.09. The molecule has 2 rings (SSSR count). The number of carbonyl (C=O) groups excluding carboxylic acids is 1. The van der Waals surface area contributed by atoms with Crippen LogP contribution >= 0.6 is 0 Å². The zero-order valence-corrected chi connectivity index (χ0v) is 9.69. The lowest BCUT2D eigenvalue weighted by atomic mass is 10.1. The zero-order chi connectivity index (χ0) is 12.1. The van der Waals surface area contributed by atoms with Gasteiger partial charge in [-0.05, 0) is 18.1 Å². The molecular formula is C12H17N3O2. The smallest absolute Gasteiger partial charge is 0.269 e. The van der Waals surface area contributed by atoms with Gasteiger partial charge in [0.15, 0.2) is 0 Å². The Labute approximate surface area is 100 Å². The summed E-state index contributed by atoms with van der Waals surface area (Å²) in [7, 11) is 0. The zero-order valence-electron chi connectivity index (χ0n) is 9.69. The molecule has 1 fully saturated rings. The maximum atomic E-state index is 11.8. The van der Waals surface area contributed by atoms with Crippen molar-refractivity contribution >= 4 is 5.91 Å². The van der Waals surface area contributed by atoms with E-state index in [4.69, 9.17) is 10.5 Å². The highest BCUT2D eigenvalue weighted by atomic mass is 16.5. The number of nitrogens with zero attached hydrogens (tertiary/aromatic N) is 1. The van der Waals surface area contributed by atoms with Gasteiger partial charge in [-0.2, -0.15) is 0 Å². The van der Waals surface area contributed by atoms with Crippen LogP contribution in [0.5, 0.6) is 0 Å². The van der Waals surface area contributed by atoms with Gasteiger partial charge < -0.3 is 15.8 Å². The van der Waals surface area contributed by atoms with Crippen LogP contribution in [0, 0.1) is 5.92 Å². The lowest BCUT2D eigenvalue weighted by molar-refractivity contribution is 0.0940. The molecule has 0 saturated carbocycles. The van der Waals surface area contributed by atoms with E-state index < -0.39 is 0 Å². The van der Waals surface area contributed by atoms with E-state index in [1.165, 1.54) is 0 Å².